The van der Waals surface area contributed by atoms with Crippen molar-refractivity contribution in [2.75, 3.05) is 23.9 Å². The summed E-state index contributed by atoms with van der Waals surface area (Å²) in [6.07, 6.45) is 1.76. The monoisotopic (exact) mass is 497 g/mol. The molecule has 6 heteroatoms. The summed E-state index contributed by atoms with van der Waals surface area (Å²) >= 11 is 1.68. The number of carbonyl (C=O) groups excluding carboxylic acids is 1. The van der Waals surface area contributed by atoms with Crippen LogP contribution in [0.4, 0.5) is 10.8 Å². The predicted molar refractivity (Wildman–Crippen MR) is 149 cm³/mol. The Balaban J connectivity index is 1.31. The summed E-state index contributed by atoms with van der Waals surface area (Å²) in [4.78, 5) is 21.4. The number of nitrogens with one attached hydrogen (secondary N) is 1. The van der Waals surface area contributed by atoms with E-state index < -0.39 is 0 Å². The number of rotatable bonds is 7. The van der Waals surface area contributed by atoms with Gasteiger partial charge in [0.2, 0.25) is 0 Å². The highest BCUT2D eigenvalue weighted by atomic mass is 32.1. The third-order valence-corrected chi connectivity index (χ3v) is 7.74. The van der Waals surface area contributed by atoms with Crippen LogP contribution in [0.25, 0.3) is 11.3 Å². The molecule has 4 aromatic rings. The van der Waals surface area contributed by atoms with Crippen LogP contribution in [0.3, 0.4) is 0 Å². The lowest BCUT2D eigenvalue weighted by Gasteiger charge is -2.23. The summed E-state index contributed by atoms with van der Waals surface area (Å²) in [5.41, 5.74) is 7.34. The average molecular weight is 498 g/mol. The second kappa shape index (κ2) is 10.2. The molecule has 3 aromatic carbocycles. The molecule has 36 heavy (non-hydrogen) atoms. The minimum absolute atomic E-state index is 0.0697. The van der Waals surface area contributed by atoms with Crippen LogP contribution in [0, 0.1) is 13.8 Å². The number of amides is 1. The molecule has 0 aliphatic carbocycles. The second-order valence-corrected chi connectivity index (χ2v) is 10.5. The minimum Gasteiger partial charge on any atom is -0.497 e. The molecule has 184 valence electrons. The number of hydrogen-bond acceptors (Lipinski definition) is 5. The molecule has 1 amide bonds. The molecule has 0 bridgehead atoms. The molecule has 1 unspecified atom stereocenters. The Hall–Kier alpha value is -3.64. The zero-order valence-electron chi connectivity index (χ0n) is 21.2. The summed E-state index contributed by atoms with van der Waals surface area (Å²) in [5.74, 6) is 0.943. The number of thiazole rings is 1. The van der Waals surface area contributed by atoms with E-state index in [0.29, 0.717) is 0 Å². The number of benzene rings is 3. The Bertz CT molecular complexity index is 1390. The van der Waals surface area contributed by atoms with Gasteiger partial charge in [0.25, 0.3) is 5.91 Å². The molecule has 0 saturated heterocycles. The predicted octanol–water partition coefficient (Wildman–Crippen LogP) is 6.68. The highest BCUT2D eigenvalue weighted by molar-refractivity contribution is 7.16. The fraction of sp³-hybridized carbons (Fsp3) is 0.267. The van der Waals surface area contributed by atoms with Gasteiger partial charge in [0, 0.05) is 34.3 Å². The van der Waals surface area contributed by atoms with Gasteiger partial charge in [-0.1, -0.05) is 36.4 Å². The number of aryl methyl sites for hydroxylation is 2. The van der Waals surface area contributed by atoms with E-state index in [2.05, 4.69) is 49.5 Å². The highest BCUT2D eigenvalue weighted by Crippen LogP contribution is 2.38. The lowest BCUT2D eigenvalue weighted by molar-refractivity contribution is 0.0981. The SMILES string of the molecule is COc1ccc(CCNc2nc(-c3ccc4c(c3)CC(C)N4C(=O)c3ccccc3C)c(C)s2)cc1. The zero-order chi connectivity index (χ0) is 25.2. The van der Waals surface area contributed by atoms with Crippen molar-refractivity contribution in [3.63, 3.8) is 0 Å². The standard InChI is InChI=1S/C30H31N3O2S/c1-19-7-5-6-8-26(19)29(34)33-20(2)17-24-18-23(11-14-27(24)33)28-21(3)36-30(32-28)31-16-15-22-9-12-25(35-4)13-10-22/h5-14,18,20H,15-17H2,1-4H3,(H,31,32). The van der Waals surface area contributed by atoms with Gasteiger partial charge in [0.1, 0.15) is 5.75 Å². The van der Waals surface area contributed by atoms with E-state index in [-0.39, 0.29) is 11.9 Å². The molecule has 0 spiro atoms. The van der Waals surface area contributed by atoms with Gasteiger partial charge in [-0.2, -0.15) is 0 Å². The van der Waals surface area contributed by atoms with Gasteiger partial charge >= 0.3 is 0 Å². The fourth-order valence-corrected chi connectivity index (χ4v) is 5.74. The summed E-state index contributed by atoms with van der Waals surface area (Å²) in [6, 6.07) is 22.5. The van der Waals surface area contributed by atoms with Crippen LogP contribution < -0.4 is 15.0 Å². The van der Waals surface area contributed by atoms with Crippen molar-refractivity contribution in [1.29, 1.82) is 0 Å². The maximum atomic E-state index is 13.4. The Kier molecular flexibility index (Phi) is 6.79. The Morgan fingerprint density at radius 3 is 2.64 bits per heavy atom. The second-order valence-electron chi connectivity index (χ2n) is 9.34. The molecule has 0 saturated carbocycles. The number of hydrogen-bond donors (Lipinski definition) is 1. The van der Waals surface area contributed by atoms with Crippen molar-refractivity contribution >= 4 is 28.1 Å². The lowest BCUT2D eigenvalue weighted by Crippen LogP contribution is -2.36. The minimum atomic E-state index is 0.0697. The molecule has 0 radical (unpaired) electrons. The van der Waals surface area contributed by atoms with Gasteiger partial charge in [-0.05, 0) is 80.6 Å². The maximum Gasteiger partial charge on any atom is 0.258 e. The summed E-state index contributed by atoms with van der Waals surface area (Å²) in [7, 11) is 1.68. The number of ether oxygens (including phenoxy) is 1. The number of aromatic nitrogens is 1. The smallest absolute Gasteiger partial charge is 0.258 e. The van der Waals surface area contributed by atoms with Crippen LogP contribution in [0.5, 0.6) is 5.75 Å². The number of carbonyl (C=O) groups is 1. The van der Waals surface area contributed by atoms with E-state index in [1.165, 1.54) is 16.0 Å². The Morgan fingerprint density at radius 1 is 1.11 bits per heavy atom. The molecule has 1 N–H and O–H groups in total. The summed E-state index contributed by atoms with van der Waals surface area (Å²) < 4.78 is 5.23. The summed E-state index contributed by atoms with van der Waals surface area (Å²) in [5, 5.41) is 4.41. The first-order chi connectivity index (χ1) is 17.4. The van der Waals surface area contributed by atoms with Gasteiger partial charge in [0.05, 0.1) is 12.8 Å². The van der Waals surface area contributed by atoms with Crippen LogP contribution >= 0.6 is 11.3 Å². The maximum absolute atomic E-state index is 13.4. The van der Waals surface area contributed by atoms with Gasteiger partial charge in [0.15, 0.2) is 5.13 Å². The molecule has 1 aliphatic heterocycles. The third-order valence-electron chi connectivity index (χ3n) is 6.81. The molecular weight excluding hydrogens is 466 g/mol. The Morgan fingerprint density at radius 2 is 1.89 bits per heavy atom. The Labute approximate surface area is 216 Å². The molecule has 5 rings (SSSR count). The van der Waals surface area contributed by atoms with E-state index in [9.17, 15) is 4.79 Å². The van der Waals surface area contributed by atoms with Crippen molar-refractivity contribution in [3.05, 3.63) is 93.9 Å². The van der Waals surface area contributed by atoms with Crippen molar-refractivity contribution in [1.82, 2.24) is 4.98 Å². The van der Waals surface area contributed by atoms with E-state index in [4.69, 9.17) is 9.72 Å². The topological polar surface area (TPSA) is 54.5 Å². The number of methoxy groups -OCH3 is 1. The van der Waals surface area contributed by atoms with E-state index >= 15 is 0 Å². The van der Waals surface area contributed by atoms with Crippen LogP contribution in [-0.2, 0) is 12.8 Å². The van der Waals surface area contributed by atoms with Crippen molar-refractivity contribution in [2.24, 2.45) is 0 Å². The van der Waals surface area contributed by atoms with Crippen LogP contribution in [0.2, 0.25) is 0 Å². The van der Waals surface area contributed by atoms with Gasteiger partial charge in [-0.15, -0.1) is 11.3 Å². The van der Waals surface area contributed by atoms with Crippen LogP contribution in [0.1, 0.15) is 38.8 Å². The first-order valence-electron chi connectivity index (χ1n) is 12.3. The molecule has 1 atom stereocenters. The number of nitrogens with zero attached hydrogens (tertiary/aromatic N) is 2. The normalized spacial score (nSPS) is 14.6. The highest BCUT2D eigenvalue weighted by Gasteiger charge is 2.32. The quantitative estimate of drug-likeness (QED) is 0.309. The lowest BCUT2D eigenvalue weighted by atomic mass is 10.0. The van der Waals surface area contributed by atoms with Crippen molar-refractivity contribution in [3.8, 4) is 17.0 Å². The molecule has 5 nitrogen and oxygen atoms in total. The van der Waals surface area contributed by atoms with E-state index in [1.807, 2.05) is 48.2 Å². The van der Waals surface area contributed by atoms with Gasteiger partial charge < -0.3 is 15.0 Å². The van der Waals surface area contributed by atoms with Crippen molar-refractivity contribution in [2.45, 2.75) is 39.7 Å². The van der Waals surface area contributed by atoms with Crippen molar-refractivity contribution < 1.29 is 9.53 Å². The molecule has 1 aliphatic rings. The molecule has 1 aromatic heterocycles. The van der Waals surface area contributed by atoms with Gasteiger partial charge in [-0.25, -0.2) is 4.98 Å². The molecule has 2 heterocycles. The first-order valence-corrected chi connectivity index (χ1v) is 13.1. The first kappa shape index (κ1) is 24.1. The van der Waals surface area contributed by atoms with Crippen LogP contribution in [0.15, 0.2) is 66.7 Å². The van der Waals surface area contributed by atoms with E-state index in [0.717, 1.165) is 58.3 Å². The largest absolute Gasteiger partial charge is 0.497 e. The number of anilines is 2. The molecule has 0 fully saturated rings. The third kappa shape index (κ3) is 4.73. The van der Waals surface area contributed by atoms with E-state index in [1.54, 1.807) is 18.4 Å². The van der Waals surface area contributed by atoms with Gasteiger partial charge in [-0.3, -0.25) is 4.79 Å². The average Bonchev–Trinajstić information content (AvgIpc) is 3.42. The number of fused-ring (bicyclic) bond motifs is 1. The fourth-order valence-electron chi connectivity index (χ4n) is 4.88. The molecular formula is C30H31N3O2S. The van der Waals surface area contributed by atoms with Crippen LogP contribution in [-0.4, -0.2) is 30.6 Å². The zero-order valence-corrected chi connectivity index (χ0v) is 22.0. The summed E-state index contributed by atoms with van der Waals surface area (Å²) in [6.45, 7) is 7.04.